The average molecular weight is 629 g/mol. The van der Waals surface area contributed by atoms with Crippen LogP contribution in [0.4, 0.5) is 0 Å². The molecule has 1 aliphatic rings. The molecule has 0 amide bonds. The highest BCUT2D eigenvalue weighted by atomic mass is 28.4. The zero-order valence-electron chi connectivity index (χ0n) is 28.5. The van der Waals surface area contributed by atoms with Gasteiger partial charge in [0.15, 0.2) is 8.32 Å². The van der Waals surface area contributed by atoms with Crippen molar-refractivity contribution in [1.29, 1.82) is 0 Å². The monoisotopic (exact) mass is 628 g/mol. The first kappa shape index (κ1) is 36.1. The standard InChI is InChI=1S/C36H60O5Si2/c1-34(2,3)42(8,9)41-36(7)26-25-31(38)32(23-16-17-27-37)40-33(36)24-18-28-39-43(35(4,5)6,29-19-12-10-13-20-29)30-21-14-11-15-22-30/h10-15,19-22,31-33,37-38H,16-18,23-28H2,1-9H3/t31-,32+,33-,36+/m1/s1. The molecule has 242 valence electrons. The highest BCUT2D eigenvalue weighted by molar-refractivity contribution is 6.99. The first-order chi connectivity index (χ1) is 20.1. The minimum Gasteiger partial charge on any atom is -0.409 e. The Balaban J connectivity index is 1.89. The number of hydrogen-bond acceptors (Lipinski definition) is 5. The van der Waals surface area contributed by atoms with Crippen LogP contribution in [0.25, 0.3) is 0 Å². The largest absolute Gasteiger partial charge is 0.409 e. The fourth-order valence-electron chi connectivity index (χ4n) is 6.43. The minimum absolute atomic E-state index is 0.0679. The van der Waals surface area contributed by atoms with E-state index < -0.39 is 28.3 Å². The van der Waals surface area contributed by atoms with Crippen molar-refractivity contribution in [2.24, 2.45) is 0 Å². The Kier molecular flexibility index (Phi) is 12.5. The van der Waals surface area contributed by atoms with Crippen LogP contribution in [0.3, 0.4) is 0 Å². The van der Waals surface area contributed by atoms with Crippen LogP contribution in [-0.2, 0) is 13.6 Å². The van der Waals surface area contributed by atoms with Gasteiger partial charge in [-0.1, -0.05) is 102 Å². The smallest absolute Gasteiger partial charge is 0.261 e. The van der Waals surface area contributed by atoms with Crippen molar-refractivity contribution in [3.05, 3.63) is 60.7 Å². The minimum atomic E-state index is -2.62. The fraction of sp³-hybridized carbons (Fsp3) is 0.667. The van der Waals surface area contributed by atoms with Crippen LogP contribution in [0.2, 0.25) is 23.2 Å². The molecule has 0 bridgehead atoms. The van der Waals surface area contributed by atoms with E-state index in [4.69, 9.17) is 13.6 Å². The Bertz CT molecular complexity index is 1060. The lowest BCUT2D eigenvalue weighted by molar-refractivity contribution is -0.130. The van der Waals surface area contributed by atoms with E-state index in [2.05, 4.69) is 122 Å². The lowest BCUT2D eigenvalue weighted by Gasteiger charge is -2.47. The summed E-state index contributed by atoms with van der Waals surface area (Å²) in [7, 11) is -4.73. The molecular formula is C36H60O5Si2. The van der Waals surface area contributed by atoms with Crippen LogP contribution in [0.1, 0.15) is 93.4 Å². The zero-order chi connectivity index (χ0) is 31.9. The third-order valence-corrected chi connectivity index (χ3v) is 19.6. The van der Waals surface area contributed by atoms with E-state index in [1.165, 1.54) is 10.4 Å². The van der Waals surface area contributed by atoms with E-state index in [1.807, 2.05) is 0 Å². The molecule has 0 aromatic heterocycles. The van der Waals surface area contributed by atoms with Crippen LogP contribution in [0, 0.1) is 0 Å². The SMILES string of the molecule is CC(C)(C)[Si](C)(C)O[C@@]1(C)CC[C@@H](O)[C@H](CCCCO)O[C@@H]1CCCO[Si](c1ccccc1)(c1ccccc1)C(C)(C)C. The van der Waals surface area contributed by atoms with Gasteiger partial charge in [-0.15, -0.1) is 0 Å². The molecule has 2 N–H and O–H groups in total. The van der Waals surface area contributed by atoms with Gasteiger partial charge in [-0.05, 0) is 85.4 Å². The Morgan fingerprint density at radius 1 is 0.837 bits per heavy atom. The number of ether oxygens (including phenoxy) is 1. The number of aliphatic hydroxyl groups excluding tert-OH is 2. The first-order valence-corrected chi connectivity index (χ1v) is 21.3. The summed E-state index contributed by atoms with van der Waals surface area (Å²) in [6, 6.07) is 21.6. The van der Waals surface area contributed by atoms with Crippen molar-refractivity contribution in [3.8, 4) is 0 Å². The molecule has 5 nitrogen and oxygen atoms in total. The number of unbranched alkanes of at least 4 members (excludes halogenated alkanes) is 1. The van der Waals surface area contributed by atoms with Gasteiger partial charge in [0, 0.05) is 13.2 Å². The van der Waals surface area contributed by atoms with Crippen molar-refractivity contribution >= 4 is 27.0 Å². The topological polar surface area (TPSA) is 68.2 Å². The maximum absolute atomic E-state index is 11.1. The third-order valence-electron chi connectivity index (χ3n) is 9.92. The van der Waals surface area contributed by atoms with Gasteiger partial charge in [-0.25, -0.2) is 0 Å². The van der Waals surface area contributed by atoms with E-state index in [9.17, 15) is 10.2 Å². The van der Waals surface area contributed by atoms with Crippen LogP contribution in [-0.4, -0.2) is 64.0 Å². The molecule has 1 fully saturated rings. The summed E-state index contributed by atoms with van der Waals surface area (Å²) in [6.45, 7) is 21.4. The summed E-state index contributed by atoms with van der Waals surface area (Å²) in [5.74, 6) is 0. The van der Waals surface area contributed by atoms with Gasteiger partial charge in [0.25, 0.3) is 8.32 Å². The highest BCUT2D eigenvalue weighted by Crippen LogP contribution is 2.44. The molecule has 1 aliphatic heterocycles. The molecule has 1 heterocycles. The molecule has 43 heavy (non-hydrogen) atoms. The van der Waals surface area contributed by atoms with Crippen molar-refractivity contribution < 1.29 is 23.8 Å². The first-order valence-electron chi connectivity index (χ1n) is 16.5. The van der Waals surface area contributed by atoms with Crippen LogP contribution in [0.5, 0.6) is 0 Å². The van der Waals surface area contributed by atoms with Gasteiger partial charge in [0.05, 0.1) is 23.9 Å². The number of hydrogen-bond donors (Lipinski definition) is 2. The normalized spacial score (nSPS) is 24.1. The van der Waals surface area contributed by atoms with Crippen molar-refractivity contribution in [1.82, 2.24) is 0 Å². The molecule has 2 aromatic rings. The van der Waals surface area contributed by atoms with Crippen LogP contribution < -0.4 is 10.4 Å². The molecule has 3 rings (SSSR count). The molecule has 0 saturated carbocycles. The van der Waals surface area contributed by atoms with E-state index in [-0.39, 0.29) is 28.9 Å². The van der Waals surface area contributed by atoms with Gasteiger partial charge < -0.3 is 23.8 Å². The fourth-order valence-corrected chi connectivity index (χ4v) is 12.7. The van der Waals surface area contributed by atoms with Crippen molar-refractivity contribution in [3.63, 3.8) is 0 Å². The lowest BCUT2D eigenvalue weighted by Crippen LogP contribution is -2.66. The molecular weight excluding hydrogens is 569 g/mol. The lowest BCUT2D eigenvalue weighted by atomic mass is 9.90. The van der Waals surface area contributed by atoms with E-state index in [1.54, 1.807) is 0 Å². The summed E-state index contributed by atoms with van der Waals surface area (Å²) >= 11 is 0. The molecule has 4 atom stereocenters. The quantitative estimate of drug-likeness (QED) is 0.182. The molecule has 1 saturated heterocycles. The van der Waals surface area contributed by atoms with Gasteiger partial charge >= 0.3 is 0 Å². The Hall–Kier alpha value is -1.33. The van der Waals surface area contributed by atoms with Crippen molar-refractivity contribution in [2.75, 3.05) is 13.2 Å². The maximum atomic E-state index is 11.1. The number of aliphatic hydroxyl groups is 2. The Morgan fingerprint density at radius 2 is 1.40 bits per heavy atom. The van der Waals surface area contributed by atoms with Gasteiger partial charge in [0.2, 0.25) is 0 Å². The van der Waals surface area contributed by atoms with Gasteiger partial charge in [-0.2, -0.15) is 0 Å². The predicted molar refractivity (Wildman–Crippen MR) is 184 cm³/mol. The van der Waals surface area contributed by atoms with Crippen molar-refractivity contribution in [2.45, 2.75) is 140 Å². The van der Waals surface area contributed by atoms with E-state index >= 15 is 0 Å². The second kappa shape index (κ2) is 14.8. The second-order valence-electron chi connectivity index (χ2n) is 15.3. The molecule has 0 spiro atoms. The van der Waals surface area contributed by atoms with Gasteiger partial charge in [0.1, 0.15) is 0 Å². The Labute approximate surface area is 264 Å². The molecule has 0 aliphatic carbocycles. The Morgan fingerprint density at radius 3 is 1.88 bits per heavy atom. The maximum Gasteiger partial charge on any atom is 0.261 e. The van der Waals surface area contributed by atoms with Crippen LogP contribution >= 0.6 is 0 Å². The predicted octanol–water partition coefficient (Wildman–Crippen LogP) is 7.19. The molecule has 2 aromatic carbocycles. The average Bonchev–Trinajstić information content (AvgIpc) is 3.04. The van der Waals surface area contributed by atoms with E-state index in [0.29, 0.717) is 13.0 Å². The third kappa shape index (κ3) is 8.69. The summed E-state index contributed by atoms with van der Waals surface area (Å²) < 4.78 is 21.2. The van der Waals surface area contributed by atoms with Gasteiger partial charge in [-0.3, -0.25) is 0 Å². The summed E-state index contributed by atoms with van der Waals surface area (Å²) in [5, 5.41) is 23.1. The van der Waals surface area contributed by atoms with Crippen LogP contribution in [0.15, 0.2) is 60.7 Å². The number of rotatable bonds is 13. The summed E-state index contributed by atoms with van der Waals surface area (Å²) in [4.78, 5) is 0. The molecule has 0 unspecified atom stereocenters. The molecule has 0 radical (unpaired) electrons. The summed E-state index contributed by atoms with van der Waals surface area (Å²) in [6.07, 6.45) is 4.42. The summed E-state index contributed by atoms with van der Waals surface area (Å²) in [5.41, 5.74) is -0.493. The second-order valence-corrected chi connectivity index (χ2v) is 24.3. The highest BCUT2D eigenvalue weighted by Gasteiger charge is 2.51. The van der Waals surface area contributed by atoms with E-state index in [0.717, 1.165) is 38.5 Å². The molecule has 7 heteroatoms. The zero-order valence-corrected chi connectivity index (χ0v) is 30.5. The number of benzene rings is 2.